The number of nitrogens with zero attached hydrogens (tertiary/aromatic N) is 5. The fourth-order valence-corrected chi connectivity index (χ4v) is 5.41. The molecular weight excluding hydrogens is 501 g/mol. The fraction of sp³-hybridized carbons (Fsp3) is 0.321. The summed E-state index contributed by atoms with van der Waals surface area (Å²) in [5, 5.41) is 2.66. The average Bonchev–Trinajstić information content (AvgIpc) is 3.25. The topological polar surface area (TPSA) is 122 Å². The van der Waals surface area contributed by atoms with E-state index in [-0.39, 0.29) is 28.1 Å². The van der Waals surface area contributed by atoms with E-state index in [1.54, 1.807) is 42.9 Å². The van der Waals surface area contributed by atoms with Crippen LogP contribution in [-0.2, 0) is 9.53 Å². The van der Waals surface area contributed by atoms with Crippen LogP contribution in [0.15, 0.2) is 76.4 Å². The van der Waals surface area contributed by atoms with Gasteiger partial charge in [-0.25, -0.2) is 9.37 Å². The summed E-state index contributed by atoms with van der Waals surface area (Å²) in [6.07, 6.45) is 7.97. The minimum Gasteiger partial charge on any atom is -0.379 e. The molecule has 2 saturated heterocycles. The van der Waals surface area contributed by atoms with Crippen molar-refractivity contribution in [2.45, 2.75) is 19.8 Å². The summed E-state index contributed by atoms with van der Waals surface area (Å²) in [6, 6.07) is 9.60. The molecule has 10 nitrogen and oxygen atoms in total. The molecule has 2 atom stereocenters. The highest BCUT2D eigenvalue weighted by Gasteiger charge is 2.48. The molecule has 0 radical (unpaired) electrons. The number of quaternary nitrogens is 1. The number of aliphatic imine (C=N–C) groups is 2. The van der Waals surface area contributed by atoms with E-state index in [0.29, 0.717) is 31.2 Å². The number of hydrogen-bond acceptors (Lipinski definition) is 7. The van der Waals surface area contributed by atoms with Gasteiger partial charge in [0.05, 0.1) is 42.8 Å². The van der Waals surface area contributed by atoms with Crippen molar-refractivity contribution in [3.05, 3.63) is 83.3 Å². The van der Waals surface area contributed by atoms with E-state index >= 15 is 0 Å². The SMILES string of the molecule is CC1(C(=O)N2CCC[C@@H](C3=C4C=NC=C[N+]4(N)C(c4ccc(C(=O)Nc5ccc(F)cn5)cc4)=N3)C2)COC1. The average molecular weight is 531 g/mol. The molecule has 0 spiro atoms. The van der Waals surface area contributed by atoms with Crippen LogP contribution in [0.5, 0.6) is 0 Å². The molecular formula is C28H29FN7O3+. The molecule has 1 aromatic carbocycles. The normalized spacial score (nSPS) is 25.2. The maximum atomic E-state index is 13.2. The zero-order chi connectivity index (χ0) is 27.2. The maximum absolute atomic E-state index is 13.2. The van der Waals surface area contributed by atoms with Crippen molar-refractivity contribution >= 4 is 29.7 Å². The Balaban J connectivity index is 1.24. The van der Waals surface area contributed by atoms with Gasteiger partial charge in [-0.3, -0.25) is 14.6 Å². The lowest BCUT2D eigenvalue weighted by Crippen LogP contribution is -2.55. The standard InChI is InChI=1S/C28H28FN7O3/c1-28(16-39-17-28)27(38)35-11-2-3-20(15-35)24-22-14-31-10-12-36(22,30)25(34-24)18-4-6-19(7-5-18)26(37)33-23-9-8-21(29)13-32-23/h4-10,12-14,20H,2-3,11,15-17,30H2,1H3/p+1/t20-,36?/m1/s1. The molecule has 2 aromatic rings. The smallest absolute Gasteiger partial charge is 0.264 e. The molecule has 0 aliphatic carbocycles. The van der Waals surface area contributed by atoms with E-state index in [1.807, 2.05) is 11.8 Å². The Morgan fingerprint density at radius 1 is 1.21 bits per heavy atom. The van der Waals surface area contributed by atoms with E-state index < -0.39 is 11.2 Å². The molecule has 6 rings (SSSR count). The first-order valence-corrected chi connectivity index (χ1v) is 12.9. The second kappa shape index (κ2) is 9.60. The van der Waals surface area contributed by atoms with Gasteiger partial charge in [0.15, 0.2) is 0 Å². The largest absolute Gasteiger partial charge is 0.379 e. The predicted octanol–water partition coefficient (Wildman–Crippen LogP) is 2.97. The lowest BCUT2D eigenvalue weighted by atomic mass is 9.85. The van der Waals surface area contributed by atoms with Gasteiger partial charge >= 0.3 is 0 Å². The third-order valence-electron chi connectivity index (χ3n) is 7.65. The number of piperidine rings is 1. The fourth-order valence-electron chi connectivity index (χ4n) is 5.41. The second-order valence-electron chi connectivity index (χ2n) is 10.6. The third-order valence-corrected chi connectivity index (χ3v) is 7.65. The molecule has 2 amide bonds. The number of fused-ring (bicyclic) bond motifs is 1. The molecule has 5 heterocycles. The second-order valence-corrected chi connectivity index (χ2v) is 10.6. The Bertz CT molecular complexity index is 1440. The monoisotopic (exact) mass is 530 g/mol. The van der Waals surface area contributed by atoms with Gasteiger partial charge in [-0.15, -0.1) is 4.59 Å². The zero-order valence-electron chi connectivity index (χ0n) is 21.5. The first-order valence-electron chi connectivity index (χ1n) is 12.9. The zero-order valence-corrected chi connectivity index (χ0v) is 21.5. The number of rotatable bonds is 5. The van der Waals surface area contributed by atoms with Crippen molar-refractivity contribution in [3.8, 4) is 0 Å². The Kier molecular flexibility index (Phi) is 6.21. The van der Waals surface area contributed by atoms with Crippen LogP contribution < -0.4 is 11.2 Å². The van der Waals surface area contributed by atoms with Crippen LogP contribution in [0, 0.1) is 17.2 Å². The molecule has 4 aliphatic rings. The number of carbonyl (C=O) groups is 2. The number of ether oxygens (including phenoxy) is 1. The summed E-state index contributed by atoms with van der Waals surface area (Å²) in [6.45, 7) is 4.16. The Morgan fingerprint density at radius 2 is 2.00 bits per heavy atom. The van der Waals surface area contributed by atoms with Gasteiger partial charge < -0.3 is 15.0 Å². The number of likely N-dealkylation sites (tertiary alicyclic amines) is 1. The molecule has 200 valence electrons. The van der Waals surface area contributed by atoms with Gasteiger partial charge in [0.2, 0.25) is 11.6 Å². The van der Waals surface area contributed by atoms with Crippen LogP contribution in [-0.4, -0.2) is 64.6 Å². The minimum absolute atomic E-state index is 0.0204. The number of hydrogen-bond donors (Lipinski definition) is 2. The number of amides is 2. The Labute approximate surface area is 224 Å². The summed E-state index contributed by atoms with van der Waals surface area (Å²) in [7, 11) is 0. The van der Waals surface area contributed by atoms with E-state index in [1.165, 1.54) is 12.1 Å². The van der Waals surface area contributed by atoms with Gasteiger partial charge in [-0.1, -0.05) is 0 Å². The van der Waals surface area contributed by atoms with Crippen LogP contribution >= 0.6 is 0 Å². The van der Waals surface area contributed by atoms with E-state index in [0.717, 1.165) is 42.5 Å². The molecule has 39 heavy (non-hydrogen) atoms. The molecule has 0 bridgehead atoms. The molecule has 2 fully saturated rings. The van der Waals surface area contributed by atoms with Crippen molar-refractivity contribution in [1.29, 1.82) is 0 Å². The molecule has 0 saturated carbocycles. The molecule has 1 aromatic heterocycles. The lowest BCUT2D eigenvalue weighted by Gasteiger charge is -2.42. The van der Waals surface area contributed by atoms with Crippen molar-refractivity contribution in [1.82, 2.24) is 9.88 Å². The summed E-state index contributed by atoms with van der Waals surface area (Å²) >= 11 is 0. The summed E-state index contributed by atoms with van der Waals surface area (Å²) < 4.78 is 18.3. The van der Waals surface area contributed by atoms with Crippen LogP contribution in [0.4, 0.5) is 10.2 Å². The number of allylic oxidation sites excluding steroid dienone is 1. The number of carbonyl (C=O) groups excluding carboxylic acids is 2. The summed E-state index contributed by atoms with van der Waals surface area (Å²) in [5.41, 5.74) is 2.31. The number of amidine groups is 1. The van der Waals surface area contributed by atoms with Gasteiger partial charge in [-0.05, 0) is 56.2 Å². The highest BCUT2D eigenvalue weighted by atomic mass is 19.1. The van der Waals surface area contributed by atoms with E-state index in [2.05, 4.69) is 15.3 Å². The number of benzene rings is 1. The highest BCUT2D eigenvalue weighted by molar-refractivity contribution is 6.05. The van der Waals surface area contributed by atoms with Crippen LogP contribution in [0.3, 0.4) is 0 Å². The lowest BCUT2D eigenvalue weighted by molar-refractivity contribution is -0.750. The molecule has 11 heteroatoms. The maximum Gasteiger partial charge on any atom is 0.264 e. The third kappa shape index (κ3) is 4.48. The number of anilines is 1. The predicted molar refractivity (Wildman–Crippen MR) is 142 cm³/mol. The van der Waals surface area contributed by atoms with Crippen LogP contribution in [0.25, 0.3) is 0 Å². The van der Waals surface area contributed by atoms with E-state index in [9.17, 15) is 14.0 Å². The number of nitrogens with one attached hydrogen (secondary N) is 1. The Hall–Kier alpha value is -4.06. The highest BCUT2D eigenvalue weighted by Crippen LogP contribution is 2.39. The minimum atomic E-state index is -0.479. The van der Waals surface area contributed by atoms with Gasteiger partial charge in [-0.2, -0.15) is 10.8 Å². The number of pyridine rings is 1. The van der Waals surface area contributed by atoms with Crippen molar-refractivity contribution in [2.75, 3.05) is 31.6 Å². The van der Waals surface area contributed by atoms with Crippen molar-refractivity contribution in [2.24, 2.45) is 27.2 Å². The summed E-state index contributed by atoms with van der Waals surface area (Å²) in [5.74, 6) is 7.07. The van der Waals surface area contributed by atoms with Crippen LogP contribution in [0.2, 0.25) is 0 Å². The number of aromatic nitrogens is 1. The molecule has 3 N–H and O–H groups in total. The number of nitrogens with two attached hydrogens (primary N) is 1. The number of halogens is 1. The van der Waals surface area contributed by atoms with Gasteiger partial charge in [0.1, 0.15) is 23.5 Å². The van der Waals surface area contributed by atoms with Crippen molar-refractivity contribution in [3.63, 3.8) is 0 Å². The van der Waals surface area contributed by atoms with Crippen LogP contribution in [0.1, 0.15) is 35.7 Å². The van der Waals surface area contributed by atoms with Crippen molar-refractivity contribution < 1.29 is 23.3 Å². The summed E-state index contributed by atoms with van der Waals surface area (Å²) in [4.78, 5) is 41.0. The Morgan fingerprint density at radius 3 is 2.69 bits per heavy atom. The van der Waals surface area contributed by atoms with Gasteiger partial charge in [0.25, 0.3) is 11.7 Å². The molecule has 1 unspecified atom stereocenters. The first-order chi connectivity index (χ1) is 18.8. The first kappa shape index (κ1) is 25.2. The quantitative estimate of drug-likeness (QED) is 0.455. The van der Waals surface area contributed by atoms with E-state index in [4.69, 9.17) is 15.6 Å². The van der Waals surface area contributed by atoms with Gasteiger partial charge in [0, 0.05) is 24.6 Å². The molecule has 4 aliphatic heterocycles.